The average Bonchev–Trinajstić information content (AvgIpc) is 3.23. The third-order valence-corrected chi connectivity index (χ3v) is 5.38. The number of nitrogens with zero attached hydrogens (tertiary/aromatic N) is 4. The number of para-hydroxylation sites is 1. The number of anilines is 4. The Morgan fingerprint density at radius 1 is 0.806 bits per heavy atom. The van der Waals surface area contributed by atoms with Gasteiger partial charge in [0.1, 0.15) is 12.1 Å². The van der Waals surface area contributed by atoms with Crippen LogP contribution in [0.4, 0.5) is 22.9 Å². The minimum absolute atomic E-state index is 0.692. The van der Waals surface area contributed by atoms with Crippen LogP contribution in [0.2, 0.25) is 5.02 Å². The lowest BCUT2D eigenvalue weighted by atomic mass is 10.2. The van der Waals surface area contributed by atoms with Gasteiger partial charge in [-0.2, -0.15) is 5.10 Å². The highest BCUT2D eigenvalue weighted by molar-refractivity contribution is 6.31. The summed E-state index contributed by atoms with van der Waals surface area (Å²) in [6.07, 6.45) is 3.29. The molecule has 6 nitrogen and oxygen atoms in total. The lowest BCUT2D eigenvalue weighted by Crippen LogP contribution is -2.00. The second-order valence-corrected chi connectivity index (χ2v) is 7.55. The van der Waals surface area contributed by atoms with Crippen LogP contribution in [0.5, 0.6) is 0 Å². The minimum Gasteiger partial charge on any atom is -0.356 e. The molecule has 5 aromatic rings. The molecule has 0 aliphatic carbocycles. The van der Waals surface area contributed by atoms with Crippen LogP contribution < -0.4 is 10.6 Å². The van der Waals surface area contributed by atoms with Crippen LogP contribution >= 0.6 is 11.6 Å². The Balaban J connectivity index is 1.41. The van der Waals surface area contributed by atoms with Crippen LogP contribution in [0.1, 0.15) is 5.56 Å². The quantitative estimate of drug-likeness (QED) is 0.347. The highest BCUT2D eigenvalue weighted by Gasteiger charge is 2.12. The molecule has 0 amide bonds. The molecule has 2 N–H and O–H groups in total. The van der Waals surface area contributed by atoms with E-state index in [4.69, 9.17) is 11.6 Å². The van der Waals surface area contributed by atoms with E-state index in [0.29, 0.717) is 16.5 Å². The molecule has 0 fully saturated rings. The van der Waals surface area contributed by atoms with E-state index in [1.807, 2.05) is 79.7 Å². The van der Waals surface area contributed by atoms with Crippen molar-refractivity contribution in [3.05, 3.63) is 95.9 Å². The predicted octanol–water partition coefficient (Wildman–Crippen LogP) is 6.26. The van der Waals surface area contributed by atoms with Gasteiger partial charge in [0.25, 0.3) is 0 Å². The molecule has 0 saturated heterocycles. The number of aryl methyl sites for hydroxylation is 1. The van der Waals surface area contributed by atoms with Gasteiger partial charge in [-0.1, -0.05) is 35.9 Å². The molecule has 0 atom stereocenters. The molecule has 2 heterocycles. The molecule has 2 aromatic heterocycles. The molecule has 0 aliphatic rings. The fourth-order valence-electron chi connectivity index (χ4n) is 3.31. The first-order valence-corrected chi connectivity index (χ1v) is 10.2. The summed E-state index contributed by atoms with van der Waals surface area (Å²) in [7, 11) is 0. The Hall–Kier alpha value is -3.90. The van der Waals surface area contributed by atoms with Crippen molar-refractivity contribution in [2.45, 2.75) is 6.92 Å². The number of rotatable bonds is 5. The largest absolute Gasteiger partial charge is 0.356 e. The maximum atomic E-state index is 6.29. The first-order valence-electron chi connectivity index (χ1n) is 9.82. The zero-order valence-corrected chi connectivity index (χ0v) is 17.5. The number of halogens is 1. The van der Waals surface area contributed by atoms with Gasteiger partial charge in [0.2, 0.25) is 0 Å². The average molecular weight is 427 g/mol. The highest BCUT2D eigenvalue weighted by atomic mass is 35.5. The van der Waals surface area contributed by atoms with E-state index in [-0.39, 0.29) is 0 Å². The summed E-state index contributed by atoms with van der Waals surface area (Å²) in [5.74, 6) is 0.693. The van der Waals surface area contributed by atoms with Crippen molar-refractivity contribution in [3.8, 4) is 5.69 Å². The Morgan fingerprint density at radius 3 is 2.26 bits per heavy atom. The Bertz CT molecular complexity index is 1350. The monoisotopic (exact) mass is 426 g/mol. The number of nitrogens with one attached hydrogen (secondary N) is 2. The van der Waals surface area contributed by atoms with Crippen LogP contribution in [0.25, 0.3) is 16.7 Å². The number of aromatic nitrogens is 4. The van der Waals surface area contributed by atoms with Gasteiger partial charge in [-0.05, 0) is 61.0 Å². The molecule has 0 aliphatic heterocycles. The van der Waals surface area contributed by atoms with E-state index in [2.05, 4.69) is 25.7 Å². The molecule has 0 saturated carbocycles. The van der Waals surface area contributed by atoms with Crippen molar-refractivity contribution in [1.29, 1.82) is 0 Å². The summed E-state index contributed by atoms with van der Waals surface area (Å²) in [4.78, 5) is 8.84. The molecule has 152 valence electrons. The third-order valence-electron chi connectivity index (χ3n) is 4.98. The summed E-state index contributed by atoms with van der Waals surface area (Å²) in [5, 5.41) is 12.8. The van der Waals surface area contributed by atoms with Crippen molar-refractivity contribution in [1.82, 2.24) is 19.7 Å². The Labute approximate surface area is 184 Å². The van der Waals surface area contributed by atoms with E-state index >= 15 is 0 Å². The zero-order chi connectivity index (χ0) is 21.2. The topological polar surface area (TPSA) is 67.7 Å². The van der Waals surface area contributed by atoms with Gasteiger partial charge in [0.15, 0.2) is 5.65 Å². The van der Waals surface area contributed by atoms with Gasteiger partial charge in [-0.15, -0.1) is 0 Å². The van der Waals surface area contributed by atoms with Gasteiger partial charge in [0.05, 0.1) is 17.3 Å². The third kappa shape index (κ3) is 3.93. The molecule has 0 radical (unpaired) electrons. The van der Waals surface area contributed by atoms with Gasteiger partial charge in [-0.3, -0.25) is 0 Å². The van der Waals surface area contributed by atoms with Crippen LogP contribution in [0.3, 0.4) is 0 Å². The Morgan fingerprint density at radius 2 is 1.52 bits per heavy atom. The molecule has 5 rings (SSSR count). The molecular weight excluding hydrogens is 408 g/mol. The molecule has 3 aromatic carbocycles. The number of hydrogen-bond donors (Lipinski definition) is 2. The molecule has 0 unspecified atom stereocenters. The normalized spacial score (nSPS) is 10.9. The standard InChI is InChI=1S/C24H19ClN6/c1-16-7-12-20(13-22(16)25)31-24-21(14-28-31)23(26-15-27-24)30-19-10-8-18(9-11-19)29-17-5-3-2-4-6-17/h2-15,29H,1H3,(H,26,27,30). The summed E-state index contributed by atoms with van der Waals surface area (Å²) < 4.78 is 1.76. The Kier molecular flexibility index (Phi) is 4.98. The van der Waals surface area contributed by atoms with E-state index in [9.17, 15) is 0 Å². The SMILES string of the molecule is Cc1ccc(-n2ncc3c(Nc4ccc(Nc5ccccc5)cc4)ncnc32)cc1Cl. The van der Waals surface area contributed by atoms with Crippen LogP contribution in [-0.2, 0) is 0 Å². The number of fused-ring (bicyclic) bond motifs is 1. The zero-order valence-electron chi connectivity index (χ0n) is 16.7. The second-order valence-electron chi connectivity index (χ2n) is 7.14. The van der Waals surface area contributed by atoms with E-state index in [1.54, 1.807) is 10.9 Å². The van der Waals surface area contributed by atoms with Crippen molar-refractivity contribution < 1.29 is 0 Å². The van der Waals surface area contributed by atoms with Crippen LogP contribution in [-0.4, -0.2) is 19.7 Å². The highest BCUT2D eigenvalue weighted by Crippen LogP contribution is 2.27. The van der Waals surface area contributed by atoms with Crippen molar-refractivity contribution in [3.63, 3.8) is 0 Å². The van der Waals surface area contributed by atoms with Gasteiger partial charge in [-0.25, -0.2) is 14.6 Å². The fraction of sp³-hybridized carbons (Fsp3) is 0.0417. The number of hydrogen-bond acceptors (Lipinski definition) is 5. The first-order chi connectivity index (χ1) is 15.2. The van der Waals surface area contributed by atoms with Crippen molar-refractivity contribution in [2.75, 3.05) is 10.6 Å². The smallest absolute Gasteiger partial charge is 0.168 e. The minimum atomic E-state index is 0.692. The predicted molar refractivity (Wildman–Crippen MR) is 126 cm³/mol. The second kappa shape index (κ2) is 8.08. The summed E-state index contributed by atoms with van der Waals surface area (Å²) in [6, 6.07) is 23.9. The lowest BCUT2D eigenvalue weighted by molar-refractivity contribution is 0.894. The molecule has 0 spiro atoms. The summed E-state index contributed by atoms with van der Waals surface area (Å²) in [6.45, 7) is 1.97. The molecule has 0 bridgehead atoms. The van der Waals surface area contributed by atoms with Gasteiger partial charge < -0.3 is 10.6 Å². The van der Waals surface area contributed by atoms with Crippen molar-refractivity contribution >= 4 is 45.5 Å². The van der Waals surface area contributed by atoms with Gasteiger partial charge >= 0.3 is 0 Å². The lowest BCUT2D eigenvalue weighted by Gasteiger charge is -2.10. The van der Waals surface area contributed by atoms with Crippen LogP contribution in [0.15, 0.2) is 85.3 Å². The summed E-state index contributed by atoms with van der Waals surface area (Å²) >= 11 is 6.29. The van der Waals surface area contributed by atoms with E-state index in [1.165, 1.54) is 6.33 Å². The number of benzene rings is 3. The molecule has 7 heteroatoms. The molecule has 31 heavy (non-hydrogen) atoms. The maximum Gasteiger partial charge on any atom is 0.168 e. The van der Waals surface area contributed by atoms with Gasteiger partial charge in [0, 0.05) is 22.1 Å². The molecular formula is C24H19ClN6. The fourth-order valence-corrected chi connectivity index (χ4v) is 3.48. The van der Waals surface area contributed by atoms with Crippen LogP contribution in [0, 0.1) is 6.92 Å². The van der Waals surface area contributed by atoms with E-state index < -0.39 is 0 Å². The first kappa shape index (κ1) is 19.1. The van der Waals surface area contributed by atoms with Crippen molar-refractivity contribution in [2.24, 2.45) is 0 Å². The summed E-state index contributed by atoms with van der Waals surface area (Å²) in [5.41, 5.74) is 5.55. The maximum absolute atomic E-state index is 6.29. The van der Waals surface area contributed by atoms with E-state index in [0.717, 1.165) is 33.7 Å².